The zero-order valence-corrected chi connectivity index (χ0v) is 14.1. The molecule has 0 aliphatic rings. The summed E-state index contributed by atoms with van der Waals surface area (Å²) in [5, 5.41) is 18.4. The predicted molar refractivity (Wildman–Crippen MR) is 89.0 cm³/mol. The van der Waals surface area contributed by atoms with Crippen molar-refractivity contribution in [3.8, 4) is 0 Å². The molecule has 1 atom stereocenters. The molecule has 0 aliphatic heterocycles. The molecule has 1 unspecified atom stereocenters. The van der Waals surface area contributed by atoms with Gasteiger partial charge in [0.25, 0.3) is 0 Å². The summed E-state index contributed by atoms with van der Waals surface area (Å²) in [6.07, 6.45) is -0.647. The van der Waals surface area contributed by atoms with Crippen molar-refractivity contribution in [3.63, 3.8) is 0 Å². The van der Waals surface area contributed by atoms with Crippen LogP contribution in [0.3, 0.4) is 0 Å². The summed E-state index contributed by atoms with van der Waals surface area (Å²) in [6, 6.07) is 7.32. The van der Waals surface area contributed by atoms with Crippen molar-refractivity contribution < 1.29 is 29.2 Å². The Morgan fingerprint density at radius 2 is 1.26 bits per heavy atom. The van der Waals surface area contributed by atoms with Crippen LogP contribution in [0.4, 0.5) is 0 Å². The van der Waals surface area contributed by atoms with E-state index in [1.54, 1.807) is 0 Å². The number of hydrogen-bond donors (Lipinski definition) is 3. The van der Waals surface area contributed by atoms with Crippen LogP contribution >= 0.6 is 12.6 Å². The first kappa shape index (κ1) is 20.4. The van der Waals surface area contributed by atoms with E-state index in [-0.39, 0.29) is 13.2 Å². The molecule has 0 radical (unpaired) electrons. The third-order valence-corrected chi connectivity index (χ3v) is 3.20. The highest BCUT2D eigenvalue weighted by molar-refractivity contribution is 7.80. The molecule has 0 saturated heterocycles. The van der Waals surface area contributed by atoms with E-state index in [4.69, 9.17) is 24.1 Å². The summed E-state index contributed by atoms with van der Waals surface area (Å²) in [7, 11) is 0. The zero-order chi connectivity index (χ0) is 16.8. The molecule has 0 spiro atoms. The van der Waals surface area contributed by atoms with Crippen molar-refractivity contribution in [2.75, 3.05) is 59.5 Å². The number of ether oxygens (including phenoxy) is 4. The minimum absolute atomic E-state index is 0.0261. The van der Waals surface area contributed by atoms with Gasteiger partial charge in [-0.2, -0.15) is 0 Å². The normalized spacial score (nSPS) is 12.5. The summed E-state index contributed by atoms with van der Waals surface area (Å²) >= 11 is 4.20. The van der Waals surface area contributed by atoms with Crippen LogP contribution < -0.4 is 0 Å². The highest BCUT2D eigenvalue weighted by atomic mass is 32.1. The lowest BCUT2D eigenvalue weighted by molar-refractivity contribution is -0.0188. The van der Waals surface area contributed by atoms with Gasteiger partial charge in [0.2, 0.25) is 0 Å². The smallest absolute Gasteiger partial charge is 0.102 e. The Balaban J connectivity index is 1.88. The predicted octanol–water partition coefficient (Wildman–Crippen LogP) is 1.07. The number of hydrogen-bond acceptors (Lipinski definition) is 7. The molecule has 1 aromatic rings. The molecule has 0 saturated carbocycles. The van der Waals surface area contributed by atoms with E-state index in [9.17, 15) is 5.11 Å². The maximum absolute atomic E-state index is 9.93. The number of thiol groups is 1. The van der Waals surface area contributed by atoms with Crippen LogP contribution in [-0.2, 0) is 18.9 Å². The molecule has 1 aromatic carbocycles. The van der Waals surface area contributed by atoms with Crippen molar-refractivity contribution in [2.24, 2.45) is 0 Å². The molecule has 0 bridgehead atoms. The molecule has 0 fully saturated rings. The molecule has 132 valence electrons. The second kappa shape index (κ2) is 13.7. The first-order valence-corrected chi connectivity index (χ1v) is 8.07. The Hall–Kier alpha value is -0.670. The highest BCUT2D eigenvalue weighted by Gasteiger charge is 2.06. The van der Waals surface area contributed by atoms with Gasteiger partial charge < -0.3 is 29.2 Å². The molecule has 6 nitrogen and oxygen atoms in total. The summed E-state index contributed by atoms with van der Waals surface area (Å²) in [4.78, 5) is 0.859. The fourth-order valence-corrected chi connectivity index (χ4v) is 1.86. The average Bonchev–Trinajstić information content (AvgIpc) is 2.56. The van der Waals surface area contributed by atoms with Crippen molar-refractivity contribution in [1.82, 2.24) is 0 Å². The van der Waals surface area contributed by atoms with E-state index in [1.807, 2.05) is 24.3 Å². The fourth-order valence-electron chi connectivity index (χ4n) is 1.71. The van der Waals surface area contributed by atoms with Crippen molar-refractivity contribution in [3.05, 3.63) is 29.8 Å². The van der Waals surface area contributed by atoms with E-state index in [0.717, 1.165) is 10.5 Å². The van der Waals surface area contributed by atoms with Gasteiger partial charge in [-0.15, -0.1) is 12.6 Å². The first-order valence-electron chi connectivity index (χ1n) is 7.63. The Labute approximate surface area is 142 Å². The van der Waals surface area contributed by atoms with Gasteiger partial charge in [-0.05, 0) is 17.7 Å². The molecule has 0 aromatic heterocycles. The second-order valence-electron chi connectivity index (χ2n) is 4.74. The largest absolute Gasteiger partial charge is 0.394 e. The minimum Gasteiger partial charge on any atom is -0.394 e. The minimum atomic E-state index is -0.647. The van der Waals surface area contributed by atoms with Crippen LogP contribution in [0.5, 0.6) is 0 Å². The molecular formula is C16H26O6S. The Kier molecular flexibility index (Phi) is 12.2. The van der Waals surface area contributed by atoms with E-state index < -0.39 is 6.10 Å². The summed E-state index contributed by atoms with van der Waals surface area (Å²) in [6.45, 7) is 3.38. The Morgan fingerprint density at radius 3 is 1.78 bits per heavy atom. The molecule has 7 heteroatoms. The van der Waals surface area contributed by atoms with E-state index >= 15 is 0 Å². The van der Waals surface area contributed by atoms with Gasteiger partial charge in [0.1, 0.15) is 6.10 Å². The SMILES string of the molecule is OCCOCCOCCOCCOCC(O)c1ccc(S)cc1. The summed E-state index contributed by atoms with van der Waals surface area (Å²) in [5.74, 6) is 0. The zero-order valence-electron chi connectivity index (χ0n) is 13.2. The van der Waals surface area contributed by atoms with Gasteiger partial charge in [-0.1, -0.05) is 12.1 Å². The Morgan fingerprint density at radius 1 is 0.783 bits per heavy atom. The first-order chi connectivity index (χ1) is 11.2. The molecular weight excluding hydrogens is 320 g/mol. The van der Waals surface area contributed by atoms with Gasteiger partial charge in [-0.3, -0.25) is 0 Å². The monoisotopic (exact) mass is 346 g/mol. The van der Waals surface area contributed by atoms with Crippen LogP contribution in [0.2, 0.25) is 0 Å². The molecule has 2 N–H and O–H groups in total. The number of aliphatic hydroxyl groups excluding tert-OH is 2. The Bertz CT molecular complexity index is 387. The number of rotatable bonds is 14. The average molecular weight is 346 g/mol. The molecule has 0 heterocycles. The van der Waals surface area contributed by atoms with Crippen molar-refractivity contribution >= 4 is 12.6 Å². The second-order valence-corrected chi connectivity index (χ2v) is 5.26. The van der Waals surface area contributed by atoms with Gasteiger partial charge in [0.15, 0.2) is 0 Å². The maximum Gasteiger partial charge on any atom is 0.102 e. The van der Waals surface area contributed by atoms with Crippen LogP contribution in [-0.4, -0.2) is 69.7 Å². The third-order valence-electron chi connectivity index (χ3n) is 2.91. The van der Waals surface area contributed by atoms with Gasteiger partial charge in [0.05, 0.1) is 59.5 Å². The van der Waals surface area contributed by atoms with E-state index in [0.29, 0.717) is 46.2 Å². The topological polar surface area (TPSA) is 77.4 Å². The van der Waals surface area contributed by atoms with Crippen LogP contribution in [0, 0.1) is 0 Å². The van der Waals surface area contributed by atoms with Crippen molar-refractivity contribution in [2.45, 2.75) is 11.0 Å². The van der Waals surface area contributed by atoms with Gasteiger partial charge in [0, 0.05) is 4.90 Å². The van der Waals surface area contributed by atoms with Crippen LogP contribution in [0.25, 0.3) is 0 Å². The van der Waals surface area contributed by atoms with Crippen LogP contribution in [0.1, 0.15) is 11.7 Å². The van der Waals surface area contributed by atoms with Crippen molar-refractivity contribution in [1.29, 1.82) is 0 Å². The maximum atomic E-state index is 9.93. The van der Waals surface area contributed by atoms with E-state index in [1.165, 1.54) is 0 Å². The van der Waals surface area contributed by atoms with Gasteiger partial charge >= 0.3 is 0 Å². The molecule has 23 heavy (non-hydrogen) atoms. The fraction of sp³-hybridized carbons (Fsp3) is 0.625. The standard InChI is InChI=1S/C16H26O6S/c17-5-6-19-7-8-20-9-10-21-11-12-22-13-16(18)14-1-3-15(23)4-2-14/h1-4,16-18,23H,5-13H2. The quantitative estimate of drug-likeness (QED) is 0.345. The molecule has 0 aliphatic carbocycles. The van der Waals surface area contributed by atoms with Crippen LogP contribution in [0.15, 0.2) is 29.2 Å². The highest BCUT2D eigenvalue weighted by Crippen LogP contribution is 2.15. The third kappa shape index (κ3) is 10.7. The number of benzene rings is 1. The summed E-state index contributed by atoms with van der Waals surface area (Å²) in [5.41, 5.74) is 0.806. The van der Waals surface area contributed by atoms with E-state index in [2.05, 4.69) is 12.6 Å². The molecule has 0 amide bonds. The lowest BCUT2D eigenvalue weighted by Gasteiger charge is -2.12. The molecule has 1 rings (SSSR count). The lowest BCUT2D eigenvalue weighted by atomic mass is 10.1. The lowest BCUT2D eigenvalue weighted by Crippen LogP contribution is -2.14. The number of aliphatic hydroxyl groups is 2. The van der Waals surface area contributed by atoms with Gasteiger partial charge in [-0.25, -0.2) is 0 Å². The summed E-state index contributed by atoms with van der Waals surface area (Å²) < 4.78 is 21.0.